The Morgan fingerprint density at radius 1 is 1.05 bits per heavy atom. The van der Waals surface area contributed by atoms with Crippen LogP contribution in [-0.2, 0) is 19.1 Å². The molecule has 1 N–H and O–H groups in total. The van der Waals surface area contributed by atoms with Crippen LogP contribution >= 0.6 is 0 Å². The topological polar surface area (TPSA) is 92.3 Å². The fourth-order valence-electron chi connectivity index (χ4n) is 6.03. The largest absolute Gasteiger partial charge is 0.497 e. The fourth-order valence-corrected chi connectivity index (χ4v) is 6.03. The van der Waals surface area contributed by atoms with Crippen molar-refractivity contribution in [2.24, 2.45) is 0 Å². The standard InChI is InChI=1S/C32H37NO7/c1-5-38-28-11-7-6-10-23(28)30-29(32(35)40-18-22-9-8-14-39-22)19(2)33-25-15-20(16-26(34)31(25)30)24-17-21(36-3)12-13-27(24)37-4/h6-7,10-13,17,20,22,30,33H,5,8-9,14-16,18H2,1-4H3/t20-,22+,30+/m1/s1. The van der Waals surface area contributed by atoms with Gasteiger partial charge >= 0.3 is 5.97 Å². The van der Waals surface area contributed by atoms with Crippen molar-refractivity contribution in [1.82, 2.24) is 5.32 Å². The normalized spacial score (nSPS) is 22.5. The molecule has 5 rings (SSSR count). The van der Waals surface area contributed by atoms with E-state index in [4.69, 9.17) is 23.7 Å². The number of Topliss-reactive ketones (excluding diaryl/α,β-unsaturated/α-hetero) is 1. The van der Waals surface area contributed by atoms with E-state index in [2.05, 4.69) is 5.32 Å². The molecule has 2 heterocycles. The van der Waals surface area contributed by atoms with Gasteiger partial charge < -0.3 is 29.0 Å². The van der Waals surface area contributed by atoms with E-state index in [-0.39, 0.29) is 30.8 Å². The lowest BCUT2D eigenvalue weighted by Gasteiger charge is -2.37. The van der Waals surface area contributed by atoms with Crippen LogP contribution in [0.3, 0.4) is 0 Å². The average Bonchev–Trinajstić information content (AvgIpc) is 3.49. The predicted octanol–water partition coefficient (Wildman–Crippen LogP) is 5.19. The minimum Gasteiger partial charge on any atom is -0.497 e. The number of benzene rings is 2. The first-order chi connectivity index (χ1) is 19.4. The lowest BCUT2D eigenvalue weighted by molar-refractivity contribution is -0.142. The molecule has 3 aliphatic rings. The highest BCUT2D eigenvalue weighted by Gasteiger charge is 2.43. The number of carbonyl (C=O) groups excluding carboxylic acids is 2. The van der Waals surface area contributed by atoms with E-state index < -0.39 is 11.9 Å². The van der Waals surface area contributed by atoms with Crippen LogP contribution in [0, 0.1) is 0 Å². The number of allylic oxidation sites excluding steroid dienone is 3. The van der Waals surface area contributed by atoms with Crippen molar-refractivity contribution < 1.29 is 33.3 Å². The second-order valence-corrected chi connectivity index (χ2v) is 10.3. The van der Waals surface area contributed by atoms with Gasteiger partial charge in [0, 0.05) is 47.0 Å². The molecule has 40 heavy (non-hydrogen) atoms. The van der Waals surface area contributed by atoms with E-state index in [0.717, 1.165) is 29.7 Å². The van der Waals surface area contributed by atoms with Crippen LogP contribution in [0.15, 0.2) is 65.0 Å². The fraction of sp³-hybridized carbons (Fsp3) is 0.438. The molecule has 0 radical (unpaired) electrons. The third-order valence-corrected chi connectivity index (χ3v) is 7.88. The highest BCUT2D eigenvalue weighted by atomic mass is 16.6. The van der Waals surface area contributed by atoms with Crippen LogP contribution in [-0.4, -0.2) is 51.9 Å². The quantitative estimate of drug-likeness (QED) is 0.429. The Bertz CT molecular complexity index is 1340. The van der Waals surface area contributed by atoms with Gasteiger partial charge in [0.05, 0.1) is 38.4 Å². The van der Waals surface area contributed by atoms with Crippen molar-refractivity contribution in [3.05, 3.63) is 76.1 Å². The summed E-state index contributed by atoms with van der Waals surface area (Å²) >= 11 is 0. The molecule has 0 spiro atoms. The Morgan fingerprint density at radius 2 is 1.88 bits per heavy atom. The molecule has 1 saturated heterocycles. The van der Waals surface area contributed by atoms with Gasteiger partial charge in [0.1, 0.15) is 23.9 Å². The number of ether oxygens (including phenoxy) is 5. The lowest BCUT2D eigenvalue weighted by atomic mass is 9.71. The van der Waals surface area contributed by atoms with Gasteiger partial charge in [-0.05, 0) is 57.4 Å². The molecule has 2 aliphatic heterocycles. The maximum absolute atomic E-state index is 14.1. The zero-order chi connectivity index (χ0) is 28.2. The monoisotopic (exact) mass is 547 g/mol. The van der Waals surface area contributed by atoms with E-state index in [0.29, 0.717) is 53.7 Å². The third kappa shape index (κ3) is 5.45. The summed E-state index contributed by atoms with van der Waals surface area (Å²) in [5, 5.41) is 3.42. The number of rotatable bonds is 9. The van der Waals surface area contributed by atoms with Crippen LogP contribution in [0.5, 0.6) is 17.2 Å². The Kier molecular flexibility index (Phi) is 8.45. The molecule has 8 nitrogen and oxygen atoms in total. The number of esters is 1. The first-order valence-electron chi connectivity index (χ1n) is 13.9. The van der Waals surface area contributed by atoms with Gasteiger partial charge in [-0.2, -0.15) is 0 Å². The zero-order valence-electron chi connectivity index (χ0n) is 23.6. The minimum absolute atomic E-state index is 0.0307. The van der Waals surface area contributed by atoms with E-state index in [9.17, 15) is 9.59 Å². The average molecular weight is 548 g/mol. The van der Waals surface area contributed by atoms with Crippen molar-refractivity contribution in [1.29, 1.82) is 0 Å². The summed E-state index contributed by atoms with van der Waals surface area (Å²) in [6, 6.07) is 13.2. The Labute approximate surface area is 235 Å². The molecule has 1 aliphatic carbocycles. The van der Waals surface area contributed by atoms with E-state index in [1.165, 1.54) is 0 Å². The number of carbonyl (C=O) groups is 2. The Morgan fingerprint density at radius 3 is 2.60 bits per heavy atom. The first-order valence-corrected chi connectivity index (χ1v) is 13.9. The lowest BCUT2D eigenvalue weighted by Crippen LogP contribution is -2.36. The molecule has 0 unspecified atom stereocenters. The van der Waals surface area contributed by atoms with Crippen molar-refractivity contribution in [2.75, 3.05) is 34.0 Å². The van der Waals surface area contributed by atoms with Gasteiger partial charge in [-0.15, -0.1) is 0 Å². The highest BCUT2D eigenvalue weighted by Crippen LogP contribution is 2.49. The summed E-state index contributed by atoms with van der Waals surface area (Å²) in [5.74, 6) is 0.844. The van der Waals surface area contributed by atoms with Gasteiger partial charge in [-0.3, -0.25) is 4.79 Å². The summed E-state index contributed by atoms with van der Waals surface area (Å²) < 4.78 is 28.5. The van der Waals surface area contributed by atoms with Crippen LogP contribution in [0.2, 0.25) is 0 Å². The number of para-hydroxylation sites is 1. The van der Waals surface area contributed by atoms with Crippen LogP contribution < -0.4 is 19.5 Å². The summed E-state index contributed by atoms with van der Waals surface area (Å²) in [5.41, 5.74) is 4.16. The molecule has 3 atom stereocenters. The van der Waals surface area contributed by atoms with Gasteiger partial charge in [-0.25, -0.2) is 4.79 Å². The Balaban J connectivity index is 1.55. The maximum atomic E-state index is 14.1. The van der Waals surface area contributed by atoms with Crippen molar-refractivity contribution >= 4 is 11.8 Å². The number of methoxy groups -OCH3 is 2. The van der Waals surface area contributed by atoms with E-state index in [1.54, 1.807) is 14.2 Å². The smallest absolute Gasteiger partial charge is 0.336 e. The summed E-state index contributed by atoms with van der Waals surface area (Å²) in [6.45, 7) is 5.11. The number of hydrogen-bond donors (Lipinski definition) is 1. The van der Waals surface area contributed by atoms with Crippen LogP contribution in [0.1, 0.15) is 62.5 Å². The molecule has 0 bridgehead atoms. The van der Waals surface area contributed by atoms with Gasteiger partial charge in [-0.1, -0.05) is 18.2 Å². The van der Waals surface area contributed by atoms with Crippen molar-refractivity contribution in [2.45, 2.75) is 57.5 Å². The molecule has 0 saturated carbocycles. The first kappa shape index (κ1) is 27.8. The molecular weight excluding hydrogens is 510 g/mol. The molecule has 0 aromatic heterocycles. The molecule has 1 fully saturated rings. The van der Waals surface area contributed by atoms with Crippen molar-refractivity contribution in [3.63, 3.8) is 0 Å². The molecule has 212 valence electrons. The predicted molar refractivity (Wildman–Crippen MR) is 150 cm³/mol. The van der Waals surface area contributed by atoms with Crippen molar-refractivity contribution in [3.8, 4) is 17.2 Å². The molecule has 2 aromatic rings. The second kappa shape index (κ2) is 12.2. The number of dihydropyridines is 1. The SMILES string of the molecule is CCOc1ccccc1[C@H]1C(C(=O)OC[C@@H]2CCCO2)=C(C)NC2=C1C(=O)C[C@H](c1cc(OC)ccc1OC)C2. The Hall–Kier alpha value is -3.78. The maximum Gasteiger partial charge on any atom is 0.336 e. The van der Waals surface area contributed by atoms with Gasteiger partial charge in [0.15, 0.2) is 5.78 Å². The molecular formula is C32H37NO7. The van der Waals surface area contributed by atoms with Crippen LogP contribution in [0.25, 0.3) is 0 Å². The van der Waals surface area contributed by atoms with Crippen LogP contribution in [0.4, 0.5) is 0 Å². The highest BCUT2D eigenvalue weighted by molar-refractivity contribution is 6.04. The molecule has 0 amide bonds. The van der Waals surface area contributed by atoms with Gasteiger partial charge in [0.25, 0.3) is 0 Å². The van der Waals surface area contributed by atoms with E-state index >= 15 is 0 Å². The summed E-state index contributed by atoms with van der Waals surface area (Å²) in [4.78, 5) is 27.7. The molecule has 8 heteroatoms. The zero-order valence-corrected chi connectivity index (χ0v) is 23.6. The van der Waals surface area contributed by atoms with Gasteiger partial charge in [0.2, 0.25) is 0 Å². The second-order valence-electron chi connectivity index (χ2n) is 10.3. The minimum atomic E-state index is -0.614. The summed E-state index contributed by atoms with van der Waals surface area (Å²) in [6.07, 6.45) is 2.57. The number of ketones is 1. The third-order valence-electron chi connectivity index (χ3n) is 7.88. The van der Waals surface area contributed by atoms with E-state index in [1.807, 2.05) is 56.3 Å². The molecule has 2 aromatic carbocycles. The summed E-state index contributed by atoms with van der Waals surface area (Å²) in [7, 11) is 3.25. The number of hydrogen-bond acceptors (Lipinski definition) is 8. The number of nitrogens with one attached hydrogen (secondary N) is 1.